The van der Waals surface area contributed by atoms with E-state index < -0.39 is 12.3 Å². The number of carbonyl (C=O) groups is 3. The number of hydrogen-bond acceptors (Lipinski definition) is 5. The monoisotopic (exact) mass is 534 g/mol. The van der Waals surface area contributed by atoms with Crippen LogP contribution in [-0.4, -0.2) is 41.9 Å². The van der Waals surface area contributed by atoms with Crippen molar-refractivity contribution in [2.75, 3.05) is 13.2 Å². The predicted octanol–water partition coefficient (Wildman–Crippen LogP) is 3.51. The average Bonchev–Trinajstić information content (AvgIpc) is 3.21. The second-order valence-corrected chi connectivity index (χ2v) is 9.01. The van der Waals surface area contributed by atoms with E-state index in [1.54, 1.807) is 11.0 Å². The van der Waals surface area contributed by atoms with Crippen molar-refractivity contribution in [3.05, 3.63) is 51.1 Å². The van der Waals surface area contributed by atoms with Crippen molar-refractivity contribution in [3.8, 4) is 16.9 Å². The van der Waals surface area contributed by atoms with Crippen molar-refractivity contribution < 1.29 is 23.9 Å². The highest BCUT2D eigenvalue weighted by Crippen LogP contribution is 2.47. The number of likely N-dealkylation sites (N-methyl/N-ethyl adjacent to an activating group) is 1. The summed E-state index contributed by atoms with van der Waals surface area (Å²) >= 11 is 2.16. The van der Waals surface area contributed by atoms with E-state index in [1.807, 2.05) is 51.1 Å². The molecule has 2 aliphatic heterocycles. The third-order valence-corrected chi connectivity index (χ3v) is 6.29. The number of benzene rings is 2. The number of esters is 1. The normalized spacial score (nSPS) is 19.3. The molecular formula is C23H23IN2O5. The second-order valence-electron chi connectivity index (χ2n) is 7.84. The Morgan fingerprint density at radius 1 is 1.23 bits per heavy atom. The van der Waals surface area contributed by atoms with E-state index in [0.717, 1.165) is 20.3 Å². The van der Waals surface area contributed by atoms with Crippen LogP contribution in [0.25, 0.3) is 11.1 Å². The largest absolute Gasteiger partial charge is 0.483 e. The highest BCUT2D eigenvalue weighted by Gasteiger charge is 2.53. The average molecular weight is 534 g/mol. The number of amides is 2. The lowest BCUT2D eigenvalue weighted by Gasteiger charge is -2.22. The van der Waals surface area contributed by atoms with E-state index in [4.69, 9.17) is 9.47 Å². The van der Waals surface area contributed by atoms with Crippen molar-refractivity contribution in [3.63, 3.8) is 0 Å². The van der Waals surface area contributed by atoms with Crippen LogP contribution in [0.5, 0.6) is 5.75 Å². The molecule has 2 amide bonds. The summed E-state index contributed by atoms with van der Waals surface area (Å²) in [7, 11) is 0. The van der Waals surface area contributed by atoms with Gasteiger partial charge >= 0.3 is 5.97 Å². The van der Waals surface area contributed by atoms with Gasteiger partial charge in [0.05, 0.1) is 3.57 Å². The summed E-state index contributed by atoms with van der Waals surface area (Å²) in [4.78, 5) is 38.7. The number of hydrogen-bond donors (Lipinski definition) is 1. The summed E-state index contributed by atoms with van der Waals surface area (Å²) in [6, 6.07) is 10.6. The molecule has 162 valence electrons. The fourth-order valence-corrected chi connectivity index (χ4v) is 4.78. The van der Waals surface area contributed by atoms with Gasteiger partial charge in [-0.05, 0) is 64.8 Å². The molecule has 1 saturated heterocycles. The first-order valence-electron chi connectivity index (χ1n) is 10.2. The lowest BCUT2D eigenvalue weighted by Crippen LogP contribution is -2.39. The minimum Gasteiger partial charge on any atom is -0.483 e. The third-order valence-electron chi connectivity index (χ3n) is 5.45. The van der Waals surface area contributed by atoms with E-state index in [9.17, 15) is 14.4 Å². The van der Waals surface area contributed by atoms with Crippen LogP contribution in [0.3, 0.4) is 0 Å². The molecule has 0 saturated carbocycles. The highest BCUT2D eigenvalue weighted by molar-refractivity contribution is 14.1. The highest BCUT2D eigenvalue weighted by atomic mass is 127. The van der Waals surface area contributed by atoms with Crippen molar-refractivity contribution >= 4 is 40.4 Å². The molecular weight excluding hydrogens is 511 g/mol. The maximum Gasteiger partial charge on any atom is 0.331 e. The van der Waals surface area contributed by atoms with Crippen LogP contribution in [0.1, 0.15) is 42.9 Å². The molecule has 0 aromatic heterocycles. The number of nitrogens with zero attached hydrogens (tertiary/aromatic N) is 1. The Kier molecular flexibility index (Phi) is 5.92. The van der Waals surface area contributed by atoms with E-state index in [0.29, 0.717) is 17.9 Å². The number of fused-ring (bicyclic) bond motifs is 3. The molecule has 2 unspecified atom stereocenters. The molecule has 2 aliphatic rings. The van der Waals surface area contributed by atoms with Crippen molar-refractivity contribution in [1.82, 2.24) is 10.2 Å². The number of carbonyl (C=O) groups excluding carboxylic acids is 3. The summed E-state index contributed by atoms with van der Waals surface area (Å²) < 4.78 is 12.1. The molecule has 2 atom stereocenters. The third kappa shape index (κ3) is 3.77. The molecule has 0 aliphatic carbocycles. The Labute approximate surface area is 194 Å². The minimum atomic E-state index is -0.704. The first kappa shape index (κ1) is 21.6. The summed E-state index contributed by atoms with van der Waals surface area (Å²) in [6.07, 6.45) is -0.704. The summed E-state index contributed by atoms with van der Waals surface area (Å²) in [5, 5.41) is 2.70. The van der Waals surface area contributed by atoms with Gasteiger partial charge in [-0.1, -0.05) is 32.0 Å². The minimum absolute atomic E-state index is 0.0403. The lowest BCUT2D eigenvalue weighted by atomic mass is 9.96. The van der Waals surface area contributed by atoms with Gasteiger partial charge in [-0.2, -0.15) is 0 Å². The van der Waals surface area contributed by atoms with Gasteiger partial charge in [0.1, 0.15) is 11.8 Å². The molecule has 7 nitrogen and oxygen atoms in total. The molecule has 31 heavy (non-hydrogen) atoms. The van der Waals surface area contributed by atoms with Crippen molar-refractivity contribution in [1.29, 1.82) is 0 Å². The van der Waals surface area contributed by atoms with Crippen LogP contribution in [0.4, 0.5) is 0 Å². The van der Waals surface area contributed by atoms with Gasteiger partial charge in [-0.15, -0.1) is 0 Å². The Hall–Kier alpha value is -2.62. The molecule has 0 bridgehead atoms. The van der Waals surface area contributed by atoms with Crippen LogP contribution >= 0.6 is 22.6 Å². The molecule has 1 fully saturated rings. The summed E-state index contributed by atoms with van der Waals surface area (Å²) in [5.74, 6) is -0.153. The van der Waals surface area contributed by atoms with Crippen molar-refractivity contribution in [2.24, 2.45) is 5.92 Å². The Morgan fingerprint density at radius 3 is 2.65 bits per heavy atom. The fraction of sp³-hybridized carbons (Fsp3) is 0.348. The van der Waals surface area contributed by atoms with E-state index in [1.165, 1.54) is 0 Å². The van der Waals surface area contributed by atoms with E-state index in [-0.39, 0.29) is 30.3 Å². The molecule has 1 N–H and O–H groups in total. The summed E-state index contributed by atoms with van der Waals surface area (Å²) in [6.45, 7) is 6.17. The van der Waals surface area contributed by atoms with E-state index >= 15 is 0 Å². The van der Waals surface area contributed by atoms with E-state index in [2.05, 4.69) is 27.9 Å². The van der Waals surface area contributed by atoms with Crippen LogP contribution in [0.2, 0.25) is 0 Å². The van der Waals surface area contributed by atoms with Crippen LogP contribution in [0.15, 0.2) is 36.4 Å². The zero-order chi connectivity index (χ0) is 22.3. The zero-order valence-corrected chi connectivity index (χ0v) is 19.6. The first-order chi connectivity index (χ1) is 14.8. The van der Waals surface area contributed by atoms with Crippen LogP contribution in [-0.2, 0) is 14.3 Å². The first-order valence-corrected chi connectivity index (χ1v) is 11.3. The van der Waals surface area contributed by atoms with Crippen LogP contribution in [0, 0.1) is 9.49 Å². The zero-order valence-electron chi connectivity index (χ0n) is 17.5. The molecule has 2 aromatic rings. The Bertz CT molecular complexity index is 1070. The number of ether oxygens (including phenoxy) is 2. The fourth-order valence-electron chi connectivity index (χ4n) is 4.11. The lowest BCUT2D eigenvalue weighted by molar-refractivity contribution is -0.143. The molecule has 8 heteroatoms. The van der Waals surface area contributed by atoms with Gasteiger partial charge in [0, 0.05) is 17.7 Å². The van der Waals surface area contributed by atoms with Gasteiger partial charge in [0.15, 0.2) is 6.61 Å². The predicted molar refractivity (Wildman–Crippen MR) is 122 cm³/mol. The smallest absolute Gasteiger partial charge is 0.331 e. The quantitative estimate of drug-likeness (QED) is 0.453. The second kappa shape index (κ2) is 8.49. The topological polar surface area (TPSA) is 84.9 Å². The van der Waals surface area contributed by atoms with Gasteiger partial charge in [0.2, 0.25) is 6.23 Å². The van der Waals surface area contributed by atoms with Crippen molar-refractivity contribution in [2.45, 2.75) is 33.0 Å². The number of nitrogens with one attached hydrogen (secondary N) is 1. The van der Waals surface area contributed by atoms with Gasteiger partial charge in [-0.25, -0.2) is 4.79 Å². The van der Waals surface area contributed by atoms with Crippen LogP contribution < -0.4 is 10.1 Å². The molecule has 2 aromatic carbocycles. The standard InChI is InChI=1S/C23H23IN2O5/c1-4-25-18(27)11-30-17-9-8-13(10-16(17)24)14-6-5-7-15-19(14)22-26(21(15)28)20(12(2)3)23(29)31-22/h5-10,12,20,22H,4,11H2,1-3H3,(H,25,27). The molecule has 2 heterocycles. The summed E-state index contributed by atoms with van der Waals surface area (Å²) in [5.41, 5.74) is 3.00. The number of halogens is 1. The SMILES string of the molecule is CCNC(=O)COc1ccc(-c2cccc3c2C2OC(=O)C(C(C)C)N2C3=O)cc1I. The Balaban J connectivity index is 1.67. The maximum absolute atomic E-state index is 13.1. The maximum atomic E-state index is 13.1. The van der Waals surface area contributed by atoms with Gasteiger partial charge in [0.25, 0.3) is 11.8 Å². The Morgan fingerprint density at radius 2 is 1.97 bits per heavy atom. The number of rotatable bonds is 6. The van der Waals surface area contributed by atoms with Gasteiger partial charge < -0.3 is 14.8 Å². The van der Waals surface area contributed by atoms with Gasteiger partial charge in [-0.3, -0.25) is 14.5 Å². The molecule has 0 spiro atoms. The molecule has 4 rings (SSSR count). The molecule has 0 radical (unpaired) electrons.